The summed E-state index contributed by atoms with van der Waals surface area (Å²) >= 11 is 4.94. The van der Waals surface area contributed by atoms with Crippen LogP contribution < -0.4 is 0 Å². The van der Waals surface area contributed by atoms with Crippen LogP contribution >= 0.6 is 27.3 Å². The Bertz CT molecular complexity index is 848. The van der Waals surface area contributed by atoms with Crippen molar-refractivity contribution in [2.75, 3.05) is 0 Å². The van der Waals surface area contributed by atoms with E-state index in [2.05, 4.69) is 52.1 Å². The maximum absolute atomic E-state index is 12.1. The van der Waals surface area contributed by atoms with E-state index < -0.39 is 0 Å². The Hall–Kier alpha value is -2.04. The molecule has 0 saturated heterocycles. The molecule has 2 nitrogen and oxygen atoms in total. The van der Waals surface area contributed by atoms with Crippen molar-refractivity contribution in [3.63, 3.8) is 0 Å². The Labute approximate surface area is 147 Å². The number of hydrogen-bond acceptors (Lipinski definition) is 3. The van der Waals surface area contributed by atoms with Gasteiger partial charge in [0, 0.05) is 21.0 Å². The third-order valence-corrected chi connectivity index (χ3v) is 4.79. The number of ketones is 1. The Balaban J connectivity index is 1.74. The lowest BCUT2D eigenvalue weighted by Crippen LogP contribution is -1.93. The molecule has 114 valence electrons. The second-order valence-electron chi connectivity index (χ2n) is 5.15. The summed E-state index contributed by atoms with van der Waals surface area (Å²) in [5, 5.41) is 2.92. The summed E-state index contributed by atoms with van der Waals surface area (Å²) in [6.45, 7) is 2.06. The second-order valence-corrected chi connectivity index (χ2v) is 6.92. The summed E-state index contributed by atoms with van der Waals surface area (Å²) in [4.78, 5) is 16.7. The van der Waals surface area contributed by atoms with E-state index in [-0.39, 0.29) is 5.78 Å². The van der Waals surface area contributed by atoms with Crippen LogP contribution in [-0.4, -0.2) is 10.8 Å². The molecule has 0 aliphatic carbocycles. The molecular formula is C19H14BrNOS. The molecule has 0 atom stereocenters. The van der Waals surface area contributed by atoms with E-state index >= 15 is 0 Å². The third kappa shape index (κ3) is 4.03. The molecule has 3 aromatic rings. The van der Waals surface area contributed by atoms with Crippen molar-refractivity contribution < 1.29 is 4.79 Å². The smallest absolute Gasteiger partial charge is 0.185 e. The molecule has 4 heteroatoms. The minimum absolute atomic E-state index is 0.0256. The number of aromatic nitrogens is 1. The molecule has 0 N–H and O–H groups in total. The standard InChI is InChI=1S/C19H14BrNOS/c1-13-2-4-15(5-3-13)19-21-17(12-23-19)10-11-18(22)14-6-8-16(20)9-7-14/h2-12H,1H3. The fourth-order valence-electron chi connectivity index (χ4n) is 2.06. The highest BCUT2D eigenvalue weighted by atomic mass is 79.9. The summed E-state index contributed by atoms with van der Waals surface area (Å²) in [6.07, 6.45) is 3.33. The highest BCUT2D eigenvalue weighted by molar-refractivity contribution is 9.10. The molecule has 0 spiro atoms. The lowest BCUT2D eigenvalue weighted by atomic mass is 10.1. The molecular weight excluding hydrogens is 370 g/mol. The third-order valence-electron chi connectivity index (χ3n) is 3.35. The van der Waals surface area contributed by atoms with Gasteiger partial charge in [-0.25, -0.2) is 4.98 Å². The van der Waals surface area contributed by atoms with Gasteiger partial charge in [-0.1, -0.05) is 45.8 Å². The van der Waals surface area contributed by atoms with E-state index in [0.29, 0.717) is 5.56 Å². The topological polar surface area (TPSA) is 30.0 Å². The van der Waals surface area contributed by atoms with Gasteiger partial charge in [-0.3, -0.25) is 4.79 Å². The molecule has 2 aromatic carbocycles. The predicted molar refractivity (Wildman–Crippen MR) is 99.8 cm³/mol. The van der Waals surface area contributed by atoms with E-state index in [1.807, 2.05) is 17.5 Å². The van der Waals surface area contributed by atoms with Crippen LogP contribution in [0.15, 0.2) is 64.5 Å². The van der Waals surface area contributed by atoms with Gasteiger partial charge in [0.15, 0.2) is 5.78 Å². The van der Waals surface area contributed by atoms with Gasteiger partial charge in [0.25, 0.3) is 0 Å². The minimum Gasteiger partial charge on any atom is -0.289 e. The highest BCUT2D eigenvalue weighted by Gasteiger charge is 2.04. The molecule has 1 heterocycles. The number of halogens is 1. The number of aryl methyl sites for hydroxylation is 1. The van der Waals surface area contributed by atoms with E-state index in [0.717, 1.165) is 20.7 Å². The molecule has 0 fully saturated rings. The van der Waals surface area contributed by atoms with Gasteiger partial charge in [0.1, 0.15) is 5.01 Å². The van der Waals surface area contributed by atoms with Crippen molar-refractivity contribution in [3.05, 3.63) is 81.3 Å². The van der Waals surface area contributed by atoms with Crippen molar-refractivity contribution in [3.8, 4) is 10.6 Å². The Morgan fingerprint density at radius 1 is 1.09 bits per heavy atom. The van der Waals surface area contributed by atoms with Crippen LogP contribution in [0.1, 0.15) is 21.6 Å². The van der Waals surface area contributed by atoms with Crippen LogP contribution in [0.25, 0.3) is 16.6 Å². The van der Waals surface area contributed by atoms with Crippen LogP contribution in [0, 0.1) is 6.92 Å². The largest absolute Gasteiger partial charge is 0.289 e. The summed E-state index contributed by atoms with van der Waals surface area (Å²) in [7, 11) is 0. The van der Waals surface area contributed by atoms with Crippen LogP contribution in [0.5, 0.6) is 0 Å². The zero-order valence-corrected chi connectivity index (χ0v) is 14.9. The van der Waals surface area contributed by atoms with Crippen LogP contribution in [-0.2, 0) is 0 Å². The summed E-state index contributed by atoms with van der Waals surface area (Å²) in [5.41, 5.74) is 3.79. The SMILES string of the molecule is Cc1ccc(-c2nc(C=CC(=O)c3ccc(Br)cc3)cs2)cc1. The average molecular weight is 384 g/mol. The fourth-order valence-corrected chi connectivity index (χ4v) is 3.12. The van der Waals surface area contributed by atoms with Crippen molar-refractivity contribution in [1.29, 1.82) is 0 Å². The minimum atomic E-state index is -0.0256. The normalized spacial score (nSPS) is 11.0. The molecule has 0 aliphatic rings. The number of rotatable bonds is 4. The number of benzene rings is 2. The van der Waals surface area contributed by atoms with Crippen molar-refractivity contribution in [2.45, 2.75) is 6.92 Å². The zero-order chi connectivity index (χ0) is 16.2. The van der Waals surface area contributed by atoms with Crippen molar-refractivity contribution in [1.82, 2.24) is 4.98 Å². The number of allylic oxidation sites excluding steroid dienone is 1. The van der Waals surface area contributed by atoms with Gasteiger partial charge in [-0.2, -0.15) is 0 Å². The van der Waals surface area contributed by atoms with E-state index in [1.165, 1.54) is 5.56 Å². The number of carbonyl (C=O) groups excluding carboxylic acids is 1. The molecule has 0 unspecified atom stereocenters. The monoisotopic (exact) mass is 383 g/mol. The zero-order valence-electron chi connectivity index (χ0n) is 12.5. The van der Waals surface area contributed by atoms with E-state index in [9.17, 15) is 4.79 Å². The van der Waals surface area contributed by atoms with Crippen LogP contribution in [0.3, 0.4) is 0 Å². The fraction of sp³-hybridized carbons (Fsp3) is 0.0526. The van der Waals surface area contributed by atoms with Gasteiger partial charge in [-0.15, -0.1) is 11.3 Å². The molecule has 23 heavy (non-hydrogen) atoms. The van der Waals surface area contributed by atoms with Gasteiger partial charge in [0.05, 0.1) is 5.69 Å². The molecule has 1 aromatic heterocycles. The molecule has 0 amide bonds. The molecule has 0 aliphatic heterocycles. The molecule has 0 radical (unpaired) electrons. The molecule has 0 bridgehead atoms. The van der Waals surface area contributed by atoms with Gasteiger partial charge in [0.2, 0.25) is 0 Å². The lowest BCUT2D eigenvalue weighted by Gasteiger charge is -1.96. The Kier molecular flexibility index (Phi) is 4.84. The van der Waals surface area contributed by atoms with Crippen LogP contribution in [0.4, 0.5) is 0 Å². The maximum atomic E-state index is 12.1. The maximum Gasteiger partial charge on any atom is 0.185 e. The van der Waals surface area contributed by atoms with E-state index in [1.54, 1.807) is 35.6 Å². The number of carbonyl (C=O) groups is 1. The molecule has 0 saturated carbocycles. The number of nitrogens with zero attached hydrogens (tertiary/aromatic N) is 1. The Morgan fingerprint density at radius 2 is 1.78 bits per heavy atom. The first-order valence-electron chi connectivity index (χ1n) is 7.12. The van der Waals surface area contributed by atoms with Gasteiger partial charge in [-0.05, 0) is 43.3 Å². The lowest BCUT2D eigenvalue weighted by molar-refractivity contribution is 0.104. The first-order valence-corrected chi connectivity index (χ1v) is 8.79. The highest BCUT2D eigenvalue weighted by Crippen LogP contribution is 2.24. The van der Waals surface area contributed by atoms with E-state index in [4.69, 9.17) is 0 Å². The molecule has 3 rings (SSSR count). The summed E-state index contributed by atoms with van der Waals surface area (Å²) < 4.78 is 0.959. The van der Waals surface area contributed by atoms with Gasteiger partial charge >= 0.3 is 0 Å². The second kappa shape index (κ2) is 7.02. The van der Waals surface area contributed by atoms with Gasteiger partial charge < -0.3 is 0 Å². The summed E-state index contributed by atoms with van der Waals surface area (Å²) in [5.74, 6) is -0.0256. The Morgan fingerprint density at radius 3 is 2.48 bits per heavy atom. The predicted octanol–water partition coefficient (Wildman–Crippen LogP) is 5.78. The van der Waals surface area contributed by atoms with Crippen LogP contribution in [0.2, 0.25) is 0 Å². The number of thiazole rings is 1. The summed E-state index contributed by atoms with van der Waals surface area (Å²) in [6, 6.07) is 15.6. The van der Waals surface area contributed by atoms with Crippen molar-refractivity contribution >= 4 is 39.1 Å². The number of hydrogen-bond donors (Lipinski definition) is 0. The average Bonchev–Trinajstić information content (AvgIpc) is 3.03. The first-order chi connectivity index (χ1) is 11.1. The quantitative estimate of drug-likeness (QED) is 0.422. The van der Waals surface area contributed by atoms with Crippen molar-refractivity contribution in [2.24, 2.45) is 0 Å². The first kappa shape index (κ1) is 15.8.